The summed E-state index contributed by atoms with van der Waals surface area (Å²) in [5.41, 5.74) is 17.6. The van der Waals surface area contributed by atoms with Crippen molar-refractivity contribution >= 4 is 11.6 Å². The second-order valence-corrected chi connectivity index (χ2v) is 9.39. The predicted octanol–water partition coefficient (Wildman–Crippen LogP) is -7.11. The van der Waals surface area contributed by atoms with Crippen molar-refractivity contribution in [3.8, 4) is 0 Å². The topological polar surface area (TPSA) is 286 Å². The molecule has 0 saturated carbocycles. The van der Waals surface area contributed by atoms with Crippen LogP contribution in [0.15, 0.2) is 0 Å². The first-order chi connectivity index (χ1) is 16.4. The Morgan fingerprint density at radius 3 is 1.74 bits per heavy atom. The van der Waals surface area contributed by atoms with Crippen LogP contribution in [0.2, 0.25) is 0 Å². The quantitative estimate of drug-likeness (QED) is 0.135. The standard InChI is InChI=1S/C18H34ClN3O13/c19-18(3-25)14(29)11(28)8(22)17(35-18)34-13-5(2-24)32-16(7(21)10(13)27)33-12-4(1-23)31-15(30)6(20)9(12)26/h4-17,23-30H,1-3,20-22H2/t4-,5-,6-,7-,8-,9-,10-,11-,12?,13?,14?,15-,16+,17+,18+/m1/s1. The number of alkyl halides is 1. The lowest BCUT2D eigenvalue weighted by Crippen LogP contribution is -2.70. The summed E-state index contributed by atoms with van der Waals surface area (Å²) in [6.07, 6.45) is -16.5. The fraction of sp³-hybridized carbons (Fsp3) is 1.00. The van der Waals surface area contributed by atoms with E-state index in [1.807, 2.05) is 0 Å². The predicted molar refractivity (Wildman–Crippen MR) is 112 cm³/mol. The van der Waals surface area contributed by atoms with Gasteiger partial charge in [0, 0.05) is 0 Å². The van der Waals surface area contributed by atoms with Crippen molar-refractivity contribution in [2.45, 2.75) is 90.9 Å². The van der Waals surface area contributed by atoms with Gasteiger partial charge in [0.25, 0.3) is 0 Å². The number of ether oxygens (including phenoxy) is 5. The Morgan fingerprint density at radius 2 is 1.20 bits per heavy atom. The van der Waals surface area contributed by atoms with Gasteiger partial charge in [0.2, 0.25) is 0 Å². The zero-order chi connectivity index (χ0) is 26.2. The van der Waals surface area contributed by atoms with Gasteiger partial charge in [-0.25, -0.2) is 0 Å². The summed E-state index contributed by atoms with van der Waals surface area (Å²) in [5.74, 6) is 0. The molecule has 0 aromatic carbocycles. The van der Waals surface area contributed by atoms with Crippen molar-refractivity contribution in [3.05, 3.63) is 0 Å². The molecule has 0 aliphatic carbocycles. The maximum absolute atomic E-state index is 10.8. The maximum atomic E-state index is 10.8. The van der Waals surface area contributed by atoms with Crippen molar-refractivity contribution in [1.82, 2.24) is 0 Å². The van der Waals surface area contributed by atoms with E-state index in [9.17, 15) is 40.9 Å². The molecule has 3 rings (SSSR count). The van der Waals surface area contributed by atoms with E-state index >= 15 is 0 Å². The van der Waals surface area contributed by atoms with Crippen LogP contribution in [0.1, 0.15) is 0 Å². The van der Waals surface area contributed by atoms with Crippen LogP contribution >= 0.6 is 11.6 Å². The fourth-order valence-electron chi connectivity index (χ4n) is 4.18. The van der Waals surface area contributed by atoms with Gasteiger partial charge in [0.1, 0.15) is 48.8 Å². The van der Waals surface area contributed by atoms with E-state index in [2.05, 4.69) is 0 Å². The maximum Gasteiger partial charge on any atom is 0.195 e. The molecule has 0 amide bonds. The van der Waals surface area contributed by atoms with Gasteiger partial charge < -0.3 is 81.7 Å². The molecular weight excluding hydrogens is 502 g/mol. The molecule has 0 bridgehead atoms. The Kier molecular flexibility index (Phi) is 9.67. The third-order valence-electron chi connectivity index (χ3n) is 6.41. The van der Waals surface area contributed by atoms with E-state index < -0.39 is 111 Å². The van der Waals surface area contributed by atoms with Gasteiger partial charge in [-0.05, 0) is 0 Å². The molecule has 0 radical (unpaired) electrons. The highest BCUT2D eigenvalue weighted by molar-refractivity contribution is 6.23. The van der Waals surface area contributed by atoms with Crippen LogP contribution in [0.4, 0.5) is 0 Å². The minimum absolute atomic E-state index is 0.665. The zero-order valence-corrected chi connectivity index (χ0v) is 19.2. The number of aliphatic hydroxyl groups excluding tert-OH is 8. The molecule has 3 aliphatic heterocycles. The van der Waals surface area contributed by atoms with Gasteiger partial charge in [0.15, 0.2) is 23.9 Å². The lowest BCUT2D eigenvalue weighted by atomic mass is 9.94. The van der Waals surface area contributed by atoms with E-state index in [1.165, 1.54) is 0 Å². The van der Waals surface area contributed by atoms with Crippen LogP contribution in [0.5, 0.6) is 0 Å². The first kappa shape index (κ1) is 29.2. The molecule has 3 fully saturated rings. The van der Waals surface area contributed by atoms with Gasteiger partial charge in [0.05, 0.1) is 37.9 Å². The number of rotatable bonds is 7. The fourth-order valence-corrected chi connectivity index (χ4v) is 4.39. The van der Waals surface area contributed by atoms with E-state index in [0.717, 1.165) is 0 Å². The van der Waals surface area contributed by atoms with Gasteiger partial charge in [-0.2, -0.15) is 0 Å². The van der Waals surface area contributed by atoms with Gasteiger partial charge >= 0.3 is 0 Å². The Labute approximate surface area is 204 Å². The molecule has 3 heterocycles. The van der Waals surface area contributed by atoms with Crippen LogP contribution in [-0.4, -0.2) is 152 Å². The number of halogens is 1. The van der Waals surface area contributed by atoms with Crippen molar-refractivity contribution in [2.24, 2.45) is 17.2 Å². The Balaban J connectivity index is 1.74. The summed E-state index contributed by atoms with van der Waals surface area (Å²) >= 11 is 6.02. The molecular formula is C18H34ClN3O13. The SMILES string of the molecule is N[C@H]1[C@H](OC2[C@@H](CO)O[C@@H](O)[C@H](N)[C@H]2O)O[C@H](CO)C(O[C@H]2O[C@@](Cl)(CO)C(O)[C@H](O)[C@H]2N)[C@@H]1O. The van der Waals surface area contributed by atoms with Crippen LogP contribution in [0, 0.1) is 0 Å². The number of hydrogen-bond donors (Lipinski definition) is 11. The number of aliphatic hydroxyl groups is 8. The third-order valence-corrected chi connectivity index (χ3v) is 6.84. The normalized spacial score (nSPS) is 53.5. The number of hydrogen-bond acceptors (Lipinski definition) is 16. The van der Waals surface area contributed by atoms with Crippen LogP contribution < -0.4 is 17.2 Å². The molecule has 35 heavy (non-hydrogen) atoms. The minimum atomic E-state index is -2.16. The average molecular weight is 536 g/mol. The zero-order valence-electron chi connectivity index (χ0n) is 18.4. The highest BCUT2D eigenvalue weighted by Gasteiger charge is 2.55. The first-order valence-corrected chi connectivity index (χ1v) is 11.3. The van der Waals surface area contributed by atoms with Gasteiger partial charge in [-0.3, -0.25) is 0 Å². The molecule has 16 nitrogen and oxygen atoms in total. The molecule has 17 heteroatoms. The molecule has 15 atom stereocenters. The van der Waals surface area contributed by atoms with Crippen molar-refractivity contribution in [3.63, 3.8) is 0 Å². The molecule has 206 valence electrons. The highest BCUT2D eigenvalue weighted by atomic mass is 35.5. The van der Waals surface area contributed by atoms with Gasteiger partial charge in [-0.15, -0.1) is 0 Å². The molecule has 0 aromatic heterocycles. The molecule has 0 spiro atoms. The smallest absolute Gasteiger partial charge is 0.195 e. The van der Waals surface area contributed by atoms with Crippen molar-refractivity contribution < 1.29 is 64.5 Å². The average Bonchev–Trinajstić information content (AvgIpc) is 2.85. The van der Waals surface area contributed by atoms with Crippen LogP contribution in [0.3, 0.4) is 0 Å². The van der Waals surface area contributed by atoms with E-state index in [0.29, 0.717) is 0 Å². The van der Waals surface area contributed by atoms with Gasteiger partial charge in [-0.1, -0.05) is 11.6 Å². The van der Waals surface area contributed by atoms with Crippen molar-refractivity contribution in [1.29, 1.82) is 0 Å². The summed E-state index contributed by atoms with van der Waals surface area (Å²) in [7, 11) is 0. The molecule has 14 N–H and O–H groups in total. The second kappa shape index (κ2) is 11.6. The summed E-state index contributed by atoms with van der Waals surface area (Å²) in [5, 5.41) is 77.9. The van der Waals surface area contributed by atoms with E-state index in [1.54, 1.807) is 0 Å². The molecule has 0 aromatic rings. The third kappa shape index (κ3) is 5.59. The molecule has 3 aliphatic rings. The Bertz CT molecular complexity index is 698. The lowest BCUT2D eigenvalue weighted by molar-refractivity contribution is -0.351. The number of nitrogens with two attached hydrogens (primary N) is 3. The minimum Gasteiger partial charge on any atom is -0.394 e. The van der Waals surface area contributed by atoms with Crippen molar-refractivity contribution in [2.75, 3.05) is 19.8 Å². The largest absolute Gasteiger partial charge is 0.394 e. The van der Waals surface area contributed by atoms with Crippen LogP contribution in [0.25, 0.3) is 0 Å². The first-order valence-electron chi connectivity index (χ1n) is 10.9. The second-order valence-electron chi connectivity index (χ2n) is 8.75. The molecule has 3 unspecified atom stereocenters. The van der Waals surface area contributed by atoms with E-state index in [-0.39, 0.29) is 0 Å². The molecule has 3 saturated heterocycles. The summed E-state index contributed by atoms with van der Waals surface area (Å²) < 4.78 is 27.3. The highest BCUT2D eigenvalue weighted by Crippen LogP contribution is 2.35. The monoisotopic (exact) mass is 535 g/mol. The summed E-state index contributed by atoms with van der Waals surface area (Å²) in [4.78, 5) is 0. The Morgan fingerprint density at radius 1 is 0.714 bits per heavy atom. The Hall–Kier alpha value is -0.350. The van der Waals surface area contributed by atoms with E-state index in [4.69, 9.17) is 52.5 Å². The van der Waals surface area contributed by atoms with Crippen LogP contribution in [-0.2, 0) is 23.7 Å². The lowest BCUT2D eigenvalue weighted by Gasteiger charge is -2.49. The summed E-state index contributed by atoms with van der Waals surface area (Å²) in [6, 6.07) is -4.04. The summed E-state index contributed by atoms with van der Waals surface area (Å²) in [6.45, 7) is -2.32.